The summed E-state index contributed by atoms with van der Waals surface area (Å²) < 4.78 is 29.5. The third-order valence-electron chi connectivity index (χ3n) is 5.42. The lowest BCUT2D eigenvalue weighted by Crippen LogP contribution is -2.32. The quantitative estimate of drug-likeness (QED) is 0.578. The lowest BCUT2D eigenvalue weighted by Gasteiger charge is -2.16. The molecule has 33 heavy (non-hydrogen) atoms. The van der Waals surface area contributed by atoms with Crippen LogP contribution in [0.4, 0.5) is 10.1 Å². The number of methoxy groups -OCH3 is 1. The van der Waals surface area contributed by atoms with Crippen molar-refractivity contribution in [2.75, 3.05) is 19.2 Å². The lowest BCUT2D eigenvalue weighted by molar-refractivity contribution is -0.137. The van der Waals surface area contributed by atoms with Crippen molar-refractivity contribution >= 4 is 23.1 Å². The van der Waals surface area contributed by atoms with E-state index in [9.17, 15) is 14.0 Å². The van der Waals surface area contributed by atoms with Gasteiger partial charge in [-0.3, -0.25) is 14.5 Å². The van der Waals surface area contributed by atoms with Crippen LogP contribution in [0.3, 0.4) is 0 Å². The number of carbonyl (C=O) groups excluding carboxylic acids is 2. The van der Waals surface area contributed by atoms with E-state index in [4.69, 9.17) is 14.2 Å². The van der Waals surface area contributed by atoms with Crippen molar-refractivity contribution in [3.63, 3.8) is 0 Å². The molecule has 2 aliphatic rings. The second-order valence-electron chi connectivity index (χ2n) is 7.50. The van der Waals surface area contributed by atoms with Gasteiger partial charge in [0.15, 0.2) is 11.5 Å². The molecular formula is C25H19FN2O5. The van der Waals surface area contributed by atoms with Crippen LogP contribution in [0.5, 0.6) is 17.2 Å². The van der Waals surface area contributed by atoms with E-state index in [0.29, 0.717) is 34.1 Å². The summed E-state index contributed by atoms with van der Waals surface area (Å²) >= 11 is 0. The smallest absolute Gasteiger partial charge is 0.278 e. The largest absolute Gasteiger partial charge is 0.497 e. The van der Waals surface area contributed by atoms with Crippen LogP contribution in [0.25, 0.3) is 5.57 Å². The third-order valence-corrected chi connectivity index (χ3v) is 5.42. The molecule has 2 amide bonds. The number of halogens is 1. The molecule has 7 nitrogen and oxygen atoms in total. The Hall–Kier alpha value is -4.33. The number of amides is 2. The van der Waals surface area contributed by atoms with Crippen molar-refractivity contribution < 1.29 is 28.2 Å². The average molecular weight is 446 g/mol. The molecule has 0 radical (unpaired) electrons. The molecule has 2 aliphatic heterocycles. The number of hydrogen-bond acceptors (Lipinski definition) is 6. The van der Waals surface area contributed by atoms with Crippen molar-refractivity contribution in [3.05, 3.63) is 89.4 Å². The molecule has 0 unspecified atom stereocenters. The molecule has 0 spiro atoms. The Labute approximate surface area is 189 Å². The van der Waals surface area contributed by atoms with E-state index in [1.165, 1.54) is 24.3 Å². The van der Waals surface area contributed by atoms with Crippen molar-refractivity contribution in [3.8, 4) is 17.2 Å². The number of fused-ring (bicyclic) bond motifs is 1. The molecule has 3 aromatic carbocycles. The number of carbonyl (C=O) groups is 2. The van der Waals surface area contributed by atoms with Crippen LogP contribution in [0.1, 0.15) is 11.1 Å². The van der Waals surface area contributed by atoms with Gasteiger partial charge in [-0.1, -0.05) is 24.3 Å². The predicted octanol–water partition coefficient (Wildman–Crippen LogP) is 3.96. The van der Waals surface area contributed by atoms with E-state index in [1.807, 2.05) is 0 Å². The highest BCUT2D eigenvalue weighted by Gasteiger charge is 2.39. The summed E-state index contributed by atoms with van der Waals surface area (Å²) in [5, 5.41) is 3.07. The fourth-order valence-corrected chi connectivity index (χ4v) is 3.79. The highest BCUT2D eigenvalue weighted by Crippen LogP contribution is 2.35. The minimum atomic E-state index is -0.486. The number of hydrogen-bond donors (Lipinski definition) is 1. The van der Waals surface area contributed by atoms with Gasteiger partial charge >= 0.3 is 0 Å². The number of ether oxygens (including phenoxy) is 3. The Morgan fingerprint density at radius 3 is 2.55 bits per heavy atom. The first-order chi connectivity index (χ1) is 16.0. The maximum absolute atomic E-state index is 13.5. The average Bonchev–Trinajstić information content (AvgIpc) is 3.38. The molecule has 0 aromatic heterocycles. The van der Waals surface area contributed by atoms with E-state index in [0.717, 1.165) is 4.90 Å². The zero-order valence-corrected chi connectivity index (χ0v) is 17.6. The number of nitrogens with one attached hydrogen (secondary N) is 1. The molecule has 0 saturated heterocycles. The summed E-state index contributed by atoms with van der Waals surface area (Å²) in [4.78, 5) is 27.9. The first kappa shape index (κ1) is 20.6. The van der Waals surface area contributed by atoms with E-state index in [2.05, 4.69) is 5.32 Å². The minimum absolute atomic E-state index is 0.0439. The van der Waals surface area contributed by atoms with Crippen molar-refractivity contribution in [1.82, 2.24) is 4.90 Å². The Bertz CT molecular complexity index is 1290. The van der Waals surface area contributed by atoms with Gasteiger partial charge in [0.2, 0.25) is 6.79 Å². The first-order valence-electron chi connectivity index (χ1n) is 10.2. The van der Waals surface area contributed by atoms with Crippen molar-refractivity contribution in [2.24, 2.45) is 0 Å². The summed E-state index contributed by atoms with van der Waals surface area (Å²) in [6.45, 7) is 0.174. The van der Waals surface area contributed by atoms with E-state index in [1.54, 1.807) is 49.6 Å². The molecule has 0 saturated carbocycles. The molecule has 0 bridgehead atoms. The number of imide groups is 1. The molecular weight excluding hydrogens is 427 g/mol. The zero-order chi connectivity index (χ0) is 22.9. The molecule has 0 fully saturated rings. The Kier molecular flexibility index (Phi) is 5.18. The molecule has 0 atom stereocenters. The van der Waals surface area contributed by atoms with Crippen LogP contribution in [0, 0.1) is 5.82 Å². The van der Waals surface area contributed by atoms with Crippen LogP contribution in [0.15, 0.2) is 72.4 Å². The topological polar surface area (TPSA) is 77.1 Å². The van der Waals surface area contributed by atoms with Crippen LogP contribution in [-0.2, 0) is 16.1 Å². The van der Waals surface area contributed by atoms with Crippen LogP contribution in [-0.4, -0.2) is 30.6 Å². The summed E-state index contributed by atoms with van der Waals surface area (Å²) in [6.07, 6.45) is 0. The maximum Gasteiger partial charge on any atom is 0.278 e. The molecule has 5 rings (SSSR count). The normalized spacial score (nSPS) is 14.8. The van der Waals surface area contributed by atoms with Gasteiger partial charge < -0.3 is 19.5 Å². The van der Waals surface area contributed by atoms with Gasteiger partial charge in [-0.15, -0.1) is 0 Å². The van der Waals surface area contributed by atoms with E-state index in [-0.39, 0.29) is 24.6 Å². The van der Waals surface area contributed by atoms with Gasteiger partial charge in [-0.05, 0) is 47.5 Å². The first-order valence-corrected chi connectivity index (χ1v) is 10.2. The lowest BCUT2D eigenvalue weighted by atomic mass is 10.0. The summed E-state index contributed by atoms with van der Waals surface area (Å²) in [5.41, 5.74) is 2.01. The van der Waals surface area contributed by atoms with Gasteiger partial charge in [-0.25, -0.2) is 4.39 Å². The molecule has 3 aromatic rings. The minimum Gasteiger partial charge on any atom is -0.497 e. The molecule has 8 heteroatoms. The number of nitrogens with zero attached hydrogens (tertiary/aromatic N) is 1. The second-order valence-corrected chi connectivity index (χ2v) is 7.50. The Morgan fingerprint density at radius 1 is 0.970 bits per heavy atom. The number of rotatable bonds is 6. The number of anilines is 1. The number of benzene rings is 3. The monoisotopic (exact) mass is 446 g/mol. The zero-order valence-electron chi connectivity index (χ0n) is 17.6. The highest BCUT2D eigenvalue weighted by molar-refractivity contribution is 6.36. The third kappa shape index (κ3) is 3.87. The fraction of sp³-hybridized carbons (Fsp3) is 0.120. The van der Waals surface area contributed by atoms with Crippen LogP contribution >= 0.6 is 0 Å². The predicted molar refractivity (Wildman–Crippen MR) is 118 cm³/mol. The van der Waals surface area contributed by atoms with E-state index < -0.39 is 17.6 Å². The highest BCUT2D eigenvalue weighted by atomic mass is 19.1. The molecule has 2 heterocycles. The maximum atomic E-state index is 13.5. The van der Waals surface area contributed by atoms with Gasteiger partial charge in [0, 0.05) is 11.8 Å². The Balaban J connectivity index is 1.51. The van der Waals surface area contributed by atoms with Gasteiger partial charge in [0.05, 0.1) is 19.2 Å². The summed E-state index contributed by atoms with van der Waals surface area (Å²) in [5.74, 6) is 0.374. The van der Waals surface area contributed by atoms with Crippen LogP contribution < -0.4 is 19.5 Å². The van der Waals surface area contributed by atoms with Gasteiger partial charge in [0.1, 0.15) is 17.3 Å². The van der Waals surface area contributed by atoms with Gasteiger partial charge in [-0.2, -0.15) is 0 Å². The fourth-order valence-electron chi connectivity index (χ4n) is 3.79. The van der Waals surface area contributed by atoms with Gasteiger partial charge in [0.25, 0.3) is 11.8 Å². The molecule has 0 aliphatic carbocycles. The molecule has 1 N–H and O–H groups in total. The van der Waals surface area contributed by atoms with Crippen LogP contribution in [0.2, 0.25) is 0 Å². The van der Waals surface area contributed by atoms with E-state index >= 15 is 0 Å². The second kappa shape index (κ2) is 8.31. The van der Waals surface area contributed by atoms with Crippen molar-refractivity contribution in [1.29, 1.82) is 0 Å². The SMILES string of the molecule is COc1cccc(NC2=C(c3ccc(F)cc3)C(=O)N(Cc3ccc4c(c3)OCO4)C2=O)c1. The Morgan fingerprint density at radius 2 is 1.76 bits per heavy atom. The summed E-state index contributed by atoms with van der Waals surface area (Å²) in [7, 11) is 1.54. The summed E-state index contributed by atoms with van der Waals surface area (Å²) in [6, 6.07) is 17.7. The van der Waals surface area contributed by atoms with Crippen molar-refractivity contribution in [2.45, 2.75) is 6.54 Å². The standard InChI is InChI=1S/C25H19FN2O5/c1-31-19-4-2-3-18(12-19)27-23-22(16-6-8-17(26)9-7-16)24(29)28(25(23)30)13-15-5-10-20-21(11-15)33-14-32-20/h2-12,27H,13-14H2,1H3. The molecule has 166 valence electrons.